The van der Waals surface area contributed by atoms with Gasteiger partial charge in [-0.3, -0.25) is 4.99 Å². The Bertz CT molecular complexity index is 790. The fraction of sp³-hybridized carbons (Fsp3) is 0.632. The van der Waals surface area contributed by atoms with Crippen LogP contribution in [0.4, 0.5) is 0 Å². The Labute approximate surface area is 188 Å². The zero-order chi connectivity index (χ0) is 19.0. The van der Waals surface area contributed by atoms with Crippen LogP contribution in [-0.2, 0) is 15.3 Å². The lowest BCUT2D eigenvalue weighted by Gasteiger charge is -2.44. The van der Waals surface area contributed by atoms with Crippen LogP contribution >= 0.6 is 39.9 Å². The molecule has 0 atom stereocenters. The van der Waals surface area contributed by atoms with Gasteiger partial charge in [0.2, 0.25) is 0 Å². The number of guanidine groups is 1. The van der Waals surface area contributed by atoms with Gasteiger partial charge in [-0.15, -0.1) is 24.0 Å². The summed E-state index contributed by atoms with van der Waals surface area (Å²) in [5.41, 5.74) is 1.50. The number of benzene rings is 1. The van der Waals surface area contributed by atoms with Gasteiger partial charge in [-0.2, -0.15) is 0 Å². The van der Waals surface area contributed by atoms with Crippen molar-refractivity contribution in [1.29, 1.82) is 0 Å². The van der Waals surface area contributed by atoms with E-state index in [9.17, 15) is 8.42 Å². The number of nitrogens with zero attached hydrogens (tertiary/aromatic N) is 2. The number of halogens is 2. The van der Waals surface area contributed by atoms with E-state index in [1.54, 1.807) is 20.9 Å². The van der Waals surface area contributed by atoms with Crippen LogP contribution in [0.1, 0.15) is 38.7 Å². The van der Waals surface area contributed by atoms with Crippen molar-refractivity contribution in [2.75, 3.05) is 32.4 Å². The molecule has 2 aliphatic rings. The van der Waals surface area contributed by atoms with Gasteiger partial charge in [-0.1, -0.05) is 34.5 Å². The van der Waals surface area contributed by atoms with Crippen LogP contribution in [0.15, 0.2) is 33.7 Å². The Kier molecular flexibility index (Phi) is 7.28. The number of aliphatic imine (C=N–C) groups is 1. The molecule has 27 heavy (non-hydrogen) atoms. The molecule has 1 heterocycles. The third-order valence-corrected chi connectivity index (χ3v) is 8.97. The van der Waals surface area contributed by atoms with Crippen molar-refractivity contribution in [2.45, 2.75) is 43.3 Å². The summed E-state index contributed by atoms with van der Waals surface area (Å²) in [7, 11) is -1.28. The topological polar surface area (TPSA) is 61.8 Å². The van der Waals surface area contributed by atoms with Crippen LogP contribution < -0.4 is 5.32 Å². The number of hydrogen-bond donors (Lipinski definition) is 1. The first kappa shape index (κ1) is 22.9. The maximum atomic E-state index is 12.3. The summed E-state index contributed by atoms with van der Waals surface area (Å²) >= 11 is 3.51. The number of rotatable bonds is 3. The average molecular weight is 570 g/mol. The van der Waals surface area contributed by atoms with E-state index in [1.165, 1.54) is 24.8 Å². The van der Waals surface area contributed by atoms with E-state index in [0.29, 0.717) is 13.1 Å². The summed E-state index contributed by atoms with van der Waals surface area (Å²) < 4.78 is 24.9. The van der Waals surface area contributed by atoms with Gasteiger partial charge in [-0.05, 0) is 44.4 Å². The van der Waals surface area contributed by atoms with E-state index in [1.807, 2.05) is 0 Å². The maximum absolute atomic E-state index is 12.3. The molecule has 1 aromatic rings. The molecule has 0 bridgehead atoms. The van der Waals surface area contributed by atoms with Gasteiger partial charge in [0.15, 0.2) is 15.8 Å². The van der Waals surface area contributed by atoms with Gasteiger partial charge in [0.1, 0.15) is 0 Å². The standard InChI is InChI=1S/C19H28BrN3O2S.HI/c1-18(2)14-23(11-12-26(18,24)25)17(21-3)22-13-19(9-4-10-19)15-5-7-16(20)8-6-15;/h5-8H,4,9-14H2,1-3H3,(H,21,22);1H. The van der Waals surface area contributed by atoms with Crippen molar-refractivity contribution in [3.05, 3.63) is 34.3 Å². The number of nitrogens with one attached hydrogen (secondary N) is 1. The average Bonchev–Trinajstić information content (AvgIpc) is 2.54. The summed E-state index contributed by atoms with van der Waals surface area (Å²) in [6.45, 7) is 5.40. The largest absolute Gasteiger partial charge is 0.355 e. The molecule has 1 aromatic carbocycles. The van der Waals surface area contributed by atoms with Crippen molar-refractivity contribution in [2.24, 2.45) is 4.99 Å². The minimum Gasteiger partial charge on any atom is -0.355 e. The Morgan fingerprint density at radius 1 is 1.26 bits per heavy atom. The Balaban J connectivity index is 0.00000261. The molecule has 152 valence electrons. The van der Waals surface area contributed by atoms with Gasteiger partial charge in [0.05, 0.1) is 10.5 Å². The number of sulfone groups is 1. The summed E-state index contributed by atoms with van der Waals surface area (Å²) in [5.74, 6) is 0.981. The molecular formula is C19H29BrIN3O2S. The third-order valence-electron chi connectivity index (χ3n) is 5.91. The maximum Gasteiger partial charge on any atom is 0.193 e. The number of hydrogen-bond acceptors (Lipinski definition) is 3. The van der Waals surface area contributed by atoms with E-state index in [2.05, 4.69) is 55.4 Å². The molecule has 5 nitrogen and oxygen atoms in total. The zero-order valence-corrected chi connectivity index (χ0v) is 20.9. The SMILES string of the molecule is CN=C(NCC1(c2ccc(Br)cc2)CCC1)N1CCS(=O)(=O)C(C)(C)C1.I. The lowest BCUT2D eigenvalue weighted by atomic mass is 9.64. The third kappa shape index (κ3) is 4.63. The molecule has 0 amide bonds. The Hall–Kier alpha value is -0.350. The zero-order valence-electron chi connectivity index (χ0n) is 16.2. The first-order chi connectivity index (χ1) is 12.2. The van der Waals surface area contributed by atoms with E-state index in [-0.39, 0.29) is 35.1 Å². The fourth-order valence-corrected chi connectivity index (χ4v) is 5.51. The molecule has 2 fully saturated rings. The summed E-state index contributed by atoms with van der Waals surface area (Å²) in [6, 6.07) is 8.60. The summed E-state index contributed by atoms with van der Waals surface area (Å²) in [6.07, 6.45) is 3.57. The first-order valence-corrected chi connectivity index (χ1v) is 11.6. The summed E-state index contributed by atoms with van der Waals surface area (Å²) in [4.78, 5) is 6.50. The molecule has 8 heteroatoms. The predicted molar refractivity (Wildman–Crippen MR) is 126 cm³/mol. The smallest absolute Gasteiger partial charge is 0.193 e. The molecule has 0 spiro atoms. The van der Waals surface area contributed by atoms with E-state index in [4.69, 9.17) is 0 Å². The Morgan fingerprint density at radius 2 is 1.89 bits per heavy atom. The van der Waals surface area contributed by atoms with Gasteiger partial charge < -0.3 is 10.2 Å². The molecule has 1 N–H and O–H groups in total. The molecule has 0 aromatic heterocycles. The fourth-order valence-electron chi connectivity index (χ4n) is 3.88. The molecule has 1 aliphatic carbocycles. The van der Waals surface area contributed by atoms with E-state index in [0.717, 1.165) is 17.0 Å². The van der Waals surface area contributed by atoms with Crippen molar-refractivity contribution >= 4 is 55.7 Å². The van der Waals surface area contributed by atoms with Crippen LogP contribution in [0.3, 0.4) is 0 Å². The molecule has 1 saturated heterocycles. The van der Waals surface area contributed by atoms with E-state index >= 15 is 0 Å². The minimum absolute atomic E-state index is 0. The highest BCUT2D eigenvalue weighted by Gasteiger charge is 2.42. The van der Waals surface area contributed by atoms with Crippen LogP contribution in [0.25, 0.3) is 0 Å². The lowest BCUT2D eigenvalue weighted by Crippen LogP contribution is -2.58. The minimum atomic E-state index is -3.05. The molecule has 1 aliphatic heterocycles. The normalized spacial score (nSPS) is 23.1. The predicted octanol–water partition coefficient (Wildman–Crippen LogP) is 3.57. The lowest BCUT2D eigenvalue weighted by molar-refractivity contribution is 0.239. The molecule has 0 radical (unpaired) electrons. The highest BCUT2D eigenvalue weighted by Crippen LogP contribution is 2.43. The summed E-state index contributed by atoms with van der Waals surface area (Å²) in [5, 5.41) is 3.53. The van der Waals surface area contributed by atoms with Crippen LogP contribution in [0, 0.1) is 0 Å². The monoisotopic (exact) mass is 569 g/mol. The van der Waals surface area contributed by atoms with E-state index < -0.39 is 14.6 Å². The highest BCUT2D eigenvalue weighted by molar-refractivity contribution is 14.0. The second-order valence-electron chi connectivity index (χ2n) is 8.04. The molecular weight excluding hydrogens is 541 g/mol. The van der Waals surface area contributed by atoms with Gasteiger partial charge in [0.25, 0.3) is 0 Å². The second kappa shape index (κ2) is 8.57. The quantitative estimate of drug-likeness (QED) is 0.343. The Morgan fingerprint density at radius 3 is 2.37 bits per heavy atom. The molecule has 3 rings (SSSR count). The van der Waals surface area contributed by atoms with Crippen LogP contribution in [0.2, 0.25) is 0 Å². The van der Waals surface area contributed by atoms with Crippen molar-refractivity contribution in [1.82, 2.24) is 10.2 Å². The van der Waals surface area contributed by atoms with Crippen molar-refractivity contribution in [3.8, 4) is 0 Å². The first-order valence-electron chi connectivity index (χ1n) is 9.13. The highest BCUT2D eigenvalue weighted by atomic mass is 127. The van der Waals surface area contributed by atoms with Crippen molar-refractivity contribution in [3.63, 3.8) is 0 Å². The second-order valence-corrected chi connectivity index (χ2v) is 11.7. The molecule has 0 unspecified atom stereocenters. The van der Waals surface area contributed by atoms with Crippen LogP contribution in [-0.4, -0.2) is 56.5 Å². The van der Waals surface area contributed by atoms with Crippen molar-refractivity contribution < 1.29 is 8.42 Å². The van der Waals surface area contributed by atoms with Gasteiger partial charge >= 0.3 is 0 Å². The van der Waals surface area contributed by atoms with Gasteiger partial charge in [-0.25, -0.2) is 8.42 Å². The van der Waals surface area contributed by atoms with Crippen LogP contribution in [0.5, 0.6) is 0 Å². The molecule has 1 saturated carbocycles. The van der Waals surface area contributed by atoms with Gasteiger partial charge in [0, 0.05) is 36.6 Å².